The van der Waals surface area contributed by atoms with Crippen LogP contribution in [0.5, 0.6) is 0 Å². The second-order valence-corrected chi connectivity index (χ2v) is 4.89. The topological polar surface area (TPSA) is 88.0 Å². The minimum atomic E-state index is -0.814. The molecule has 6 heteroatoms. The van der Waals surface area contributed by atoms with Gasteiger partial charge in [-0.15, -0.1) is 0 Å². The highest BCUT2D eigenvalue weighted by molar-refractivity contribution is 9.10. The number of H-pyrrole nitrogens is 1. The smallest absolute Gasteiger partial charge is 0.318 e. The molecular formula is C11H18BrN3O2. The number of nitrogens with two attached hydrogens (primary N) is 1. The van der Waals surface area contributed by atoms with Gasteiger partial charge in [0.1, 0.15) is 4.32 Å². The van der Waals surface area contributed by atoms with Crippen molar-refractivity contribution in [3.05, 3.63) is 24.5 Å². The third kappa shape index (κ3) is 6.11. The average molecular weight is 304 g/mol. The van der Waals surface area contributed by atoms with E-state index in [1.165, 1.54) is 0 Å². The molecule has 0 radical (unpaired) electrons. The number of hydrogen-bond donors (Lipinski definition) is 3. The SMILES string of the molecule is CCC(Br)(CC)C(=O)NC(N)=O.c1cc[nH]c1. The van der Waals surface area contributed by atoms with E-state index in [2.05, 4.69) is 20.9 Å². The van der Waals surface area contributed by atoms with Crippen LogP contribution in [-0.2, 0) is 4.79 Å². The van der Waals surface area contributed by atoms with Gasteiger partial charge in [-0.2, -0.15) is 0 Å². The van der Waals surface area contributed by atoms with Crippen LogP contribution in [0.2, 0.25) is 0 Å². The molecule has 1 aromatic heterocycles. The average Bonchev–Trinajstić information content (AvgIpc) is 2.85. The number of rotatable bonds is 3. The van der Waals surface area contributed by atoms with E-state index in [-0.39, 0.29) is 5.91 Å². The number of carbonyl (C=O) groups excluding carboxylic acids is 2. The molecule has 4 N–H and O–H groups in total. The molecule has 0 fully saturated rings. The summed E-state index contributed by atoms with van der Waals surface area (Å²) in [6, 6.07) is 3.07. The molecular weight excluding hydrogens is 286 g/mol. The highest BCUT2D eigenvalue weighted by Crippen LogP contribution is 2.26. The van der Waals surface area contributed by atoms with Crippen molar-refractivity contribution >= 4 is 27.9 Å². The molecule has 0 bridgehead atoms. The first kappa shape index (κ1) is 15.7. The third-order valence-corrected chi connectivity index (χ3v) is 3.74. The number of amides is 3. The molecule has 0 atom stereocenters. The highest BCUT2D eigenvalue weighted by atomic mass is 79.9. The maximum absolute atomic E-state index is 11.3. The maximum Gasteiger partial charge on any atom is 0.318 e. The van der Waals surface area contributed by atoms with Crippen LogP contribution in [0.25, 0.3) is 0 Å². The van der Waals surface area contributed by atoms with E-state index >= 15 is 0 Å². The number of aromatic nitrogens is 1. The normalized spacial score (nSPS) is 10.1. The van der Waals surface area contributed by atoms with Crippen LogP contribution in [0.3, 0.4) is 0 Å². The minimum absolute atomic E-state index is 0.375. The van der Waals surface area contributed by atoms with Crippen LogP contribution >= 0.6 is 15.9 Å². The molecule has 0 spiro atoms. The third-order valence-electron chi connectivity index (χ3n) is 2.26. The van der Waals surface area contributed by atoms with Crippen molar-refractivity contribution in [3.8, 4) is 0 Å². The van der Waals surface area contributed by atoms with Crippen LogP contribution in [0, 0.1) is 0 Å². The molecule has 1 aromatic rings. The Morgan fingerprint density at radius 1 is 1.29 bits per heavy atom. The fourth-order valence-corrected chi connectivity index (χ4v) is 1.17. The molecule has 17 heavy (non-hydrogen) atoms. The van der Waals surface area contributed by atoms with E-state index in [1.807, 2.05) is 43.7 Å². The summed E-state index contributed by atoms with van der Waals surface area (Å²) in [7, 11) is 0. The van der Waals surface area contributed by atoms with Crippen LogP contribution in [0.4, 0.5) is 4.79 Å². The predicted molar refractivity (Wildman–Crippen MR) is 70.8 cm³/mol. The summed E-state index contributed by atoms with van der Waals surface area (Å²) in [5, 5.41) is 2.04. The van der Waals surface area contributed by atoms with E-state index in [1.54, 1.807) is 0 Å². The van der Waals surface area contributed by atoms with Gasteiger partial charge in [-0.1, -0.05) is 29.8 Å². The Labute approximate surface area is 109 Å². The quantitative estimate of drug-likeness (QED) is 0.747. The van der Waals surface area contributed by atoms with Crippen LogP contribution in [-0.4, -0.2) is 21.2 Å². The van der Waals surface area contributed by atoms with Gasteiger partial charge in [-0.05, 0) is 25.0 Å². The van der Waals surface area contributed by atoms with Crippen LogP contribution in [0.15, 0.2) is 24.5 Å². The number of hydrogen-bond acceptors (Lipinski definition) is 2. The number of urea groups is 1. The second kappa shape index (κ2) is 7.89. The number of nitrogens with one attached hydrogen (secondary N) is 2. The zero-order chi connectivity index (χ0) is 13.3. The maximum atomic E-state index is 11.3. The molecule has 96 valence electrons. The molecule has 0 aliphatic rings. The molecule has 0 saturated heterocycles. The summed E-state index contributed by atoms with van der Waals surface area (Å²) in [5.74, 6) is -0.375. The number of aromatic amines is 1. The van der Waals surface area contributed by atoms with Gasteiger partial charge in [0.2, 0.25) is 5.91 Å². The molecule has 1 heterocycles. The van der Waals surface area contributed by atoms with Crippen LogP contribution in [0.1, 0.15) is 26.7 Å². The van der Waals surface area contributed by atoms with Crippen molar-refractivity contribution in [2.75, 3.05) is 0 Å². The summed E-state index contributed by atoms with van der Waals surface area (Å²) >= 11 is 3.26. The van der Waals surface area contributed by atoms with Gasteiger partial charge < -0.3 is 10.7 Å². The lowest BCUT2D eigenvalue weighted by atomic mass is 10.0. The summed E-state index contributed by atoms with van der Waals surface area (Å²) in [6.07, 6.45) is 4.98. The van der Waals surface area contributed by atoms with E-state index in [4.69, 9.17) is 5.73 Å². The van der Waals surface area contributed by atoms with Gasteiger partial charge in [0.25, 0.3) is 0 Å². The molecule has 0 unspecified atom stereocenters. The largest absolute Gasteiger partial charge is 0.368 e. The summed E-state index contributed by atoms with van der Waals surface area (Å²) in [4.78, 5) is 24.5. The van der Waals surface area contributed by atoms with Crippen molar-refractivity contribution in [2.45, 2.75) is 31.0 Å². The molecule has 5 nitrogen and oxygen atoms in total. The summed E-state index contributed by atoms with van der Waals surface area (Å²) in [6.45, 7) is 3.72. The zero-order valence-electron chi connectivity index (χ0n) is 10.00. The first-order chi connectivity index (χ1) is 7.96. The standard InChI is InChI=1S/C7H13BrN2O2.C4H5N/c1-3-7(8,4-2)5(11)10-6(9)12;1-2-4-5-3-1/h3-4H2,1-2H3,(H3,9,10,11,12);1-5H. The molecule has 0 aliphatic heterocycles. The van der Waals surface area contributed by atoms with Gasteiger partial charge in [0.15, 0.2) is 0 Å². The first-order valence-electron chi connectivity index (χ1n) is 5.33. The molecule has 1 rings (SSSR count). The molecule has 0 saturated carbocycles. The lowest BCUT2D eigenvalue weighted by molar-refractivity contribution is -0.122. The van der Waals surface area contributed by atoms with Gasteiger partial charge >= 0.3 is 6.03 Å². The fourth-order valence-electron chi connectivity index (χ4n) is 1.07. The number of alkyl halides is 1. The van der Waals surface area contributed by atoms with Gasteiger partial charge in [-0.3, -0.25) is 10.1 Å². The van der Waals surface area contributed by atoms with E-state index in [9.17, 15) is 9.59 Å². The Bertz CT molecular complexity index is 317. The fraction of sp³-hybridized carbons (Fsp3) is 0.455. The van der Waals surface area contributed by atoms with Gasteiger partial charge in [0.05, 0.1) is 0 Å². The van der Waals surface area contributed by atoms with E-state index in [0.29, 0.717) is 12.8 Å². The summed E-state index contributed by atoms with van der Waals surface area (Å²) < 4.78 is -0.665. The zero-order valence-corrected chi connectivity index (χ0v) is 11.6. The van der Waals surface area contributed by atoms with E-state index in [0.717, 1.165) is 0 Å². The Balaban J connectivity index is 0.000000419. The van der Waals surface area contributed by atoms with Crippen molar-refractivity contribution in [1.29, 1.82) is 0 Å². The molecule has 0 aromatic carbocycles. The van der Waals surface area contributed by atoms with Crippen molar-refractivity contribution in [2.24, 2.45) is 5.73 Å². The monoisotopic (exact) mass is 303 g/mol. The van der Waals surface area contributed by atoms with Crippen molar-refractivity contribution < 1.29 is 9.59 Å². The van der Waals surface area contributed by atoms with E-state index < -0.39 is 10.4 Å². The van der Waals surface area contributed by atoms with Crippen molar-refractivity contribution in [3.63, 3.8) is 0 Å². The lowest BCUT2D eigenvalue weighted by Gasteiger charge is -2.21. The number of carbonyl (C=O) groups is 2. The Morgan fingerprint density at radius 3 is 2.00 bits per heavy atom. The summed E-state index contributed by atoms with van der Waals surface area (Å²) in [5.41, 5.74) is 4.81. The highest BCUT2D eigenvalue weighted by Gasteiger charge is 2.32. The van der Waals surface area contributed by atoms with Crippen LogP contribution < -0.4 is 11.1 Å². The number of halogens is 1. The Kier molecular flexibility index (Phi) is 7.29. The van der Waals surface area contributed by atoms with Gasteiger partial charge in [-0.25, -0.2) is 4.79 Å². The lowest BCUT2D eigenvalue weighted by Crippen LogP contribution is -2.46. The number of imide groups is 1. The molecule has 0 aliphatic carbocycles. The Morgan fingerprint density at radius 2 is 1.76 bits per heavy atom. The van der Waals surface area contributed by atoms with Gasteiger partial charge in [0, 0.05) is 12.4 Å². The molecule has 3 amide bonds. The number of primary amides is 1. The Hall–Kier alpha value is -1.30. The van der Waals surface area contributed by atoms with Crippen molar-refractivity contribution in [1.82, 2.24) is 10.3 Å². The second-order valence-electron chi connectivity index (χ2n) is 3.38. The first-order valence-corrected chi connectivity index (χ1v) is 6.13. The minimum Gasteiger partial charge on any atom is -0.368 e. The predicted octanol–water partition coefficient (Wildman–Crippen LogP) is 2.15.